The lowest BCUT2D eigenvalue weighted by Gasteiger charge is -2.27. The van der Waals surface area contributed by atoms with E-state index in [0.717, 1.165) is 5.69 Å². The van der Waals surface area contributed by atoms with E-state index in [4.69, 9.17) is 4.74 Å². The average Bonchev–Trinajstić information content (AvgIpc) is 3.07. The highest BCUT2D eigenvalue weighted by molar-refractivity contribution is 5.92. The van der Waals surface area contributed by atoms with E-state index in [-0.39, 0.29) is 11.6 Å². The van der Waals surface area contributed by atoms with Crippen molar-refractivity contribution in [2.75, 3.05) is 17.0 Å². The van der Waals surface area contributed by atoms with Crippen LogP contribution in [0.15, 0.2) is 35.3 Å². The van der Waals surface area contributed by atoms with Gasteiger partial charge < -0.3 is 4.74 Å². The van der Waals surface area contributed by atoms with Crippen molar-refractivity contribution in [2.24, 2.45) is 0 Å². The van der Waals surface area contributed by atoms with Crippen LogP contribution in [0.5, 0.6) is 0 Å². The smallest absolute Gasteiger partial charge is 0.414 e. The van der Waals surface area contributed by atoms with Gasteiger partial charge in [-0.05, 0) is 53.7 Å². The highest BCUT2D eigenvalue weighted by atomic mass is 16.6. The fourth-order valence-corrected chi connectivity index (χ4v) is 3.04. The number of amides is 1. The van der Waals surface area contributed by atoms with Crippen LogP contribution in [0.1, 0.15) is 40.3 Å². The van der Waals surface area contributed by atoms with Crippen LogP contribution in [0, 0.1) is 6.92 Å². The Hall–Kier alpha value is -3.36. The lowest BCUT2D eigenvalue weighted by atomic mass is 10.1. The van der Waals surface area contributed by atoms with E-state index >= 15 is 0 Å². The molecule has 1 N–H and O–H groups in total. The first-order valence-corrected chi connectivity index (χ1v) is 9.78. The molecule has 0 aliphatic heterocycles. The van der Waals surface area contributed by atoms with Crippen molar-refractivity contribution in [3.8, 4) is 0 Å². The molecule has 0 fully saturated rings. The van der Waals surface area contributed by atoms with Gasteiger partial charge in [-0.2, -0.15) is 10.2 Å². The lowest BCUT2D eigenvalue weighted by Crippen LogP contribution is -2.44. The van der Waals surface area contributed by atoms with Crippen LogP contribution in [0.4, 0.5) is 16.3 Å². The van der Waals surface area contributed by atoms with E-state index in [9.17, 15) is 9.59 Å². The Balaban J connectivity index is 2.06. The highest BCUT2D eigenvalue weighted by Gasteiger charge is 2.22. The number of hydrogen-bond acceptors (Lipinski definition) is 6. The molecule has 3 rings (SSSR count). The van der Waals surface area contributed by atoms with Crippen molar-refractivity contribution in [1.82, 2.24) is 20.1 Å². The van der Waals surface area contributed by atoms with Gasteiger partial charge in [-0.25, -0.2) is 9.80 Å². The first kappa shape index (κ1) is 21.4. The maximum atomic E-state index is 13.3. The number of aromatic nitrogens is 4. The van der Waals surface area contributed by atoms with Crippen molar-refractivity contribution >= 4 is 28.4 Å². The Kier molecular flexibility index (Phi) is 5.56. The van der Waals surface area contributed by atoms with Gasteiger partial charge >= 0.3 is 6.09 Å². The van der Waals surface area contributed by atoms with Gasteiger partial charge in [-0.15, -0.1) is 4.79 Å². The van der Waals surface area contributed by atoms with Gasteiger partial charge in [0.05, 0.1) is 17.3 Å². The molecular weight excluding hydrogens is 384 g/mol. The Morgan fingerprint density at radius 3 is 2.50 bits per heavy atom. The van der Waals surface area contributed by atoms with Gasteiger partial charge in [-0.3, -0.25) is 14.8 Å². The molecule has 0 saturated heterocycles. The number of fused-ring (bicyclic) bond motifs is 1. The van der Waals surface area contributed by atoms with Crippen molar-refractivity contribution in [3.63, 3.8) is 0 Å². The Morgan fingerprint density at radius 1 is 1.23 bits per heavy atom. The predicted molar refractivity (Wildman–Crippen MR) is 117 cm³/mol. The summed E-state index contributed by atoms with van der Waals surface area (Å²) in [6.45, 7) is 11.2. The fourth-order valence-electron chi connectivity index (χ4n) is 3.04. The number of benzene rings is 1. The van der Waals surface area contributed by atoms with E-state index in [0.29, 0.717) is 22.3 Å². The van der Waals surface area contributed by atoms with Crippen molar-refractivity contribution in [3.05, 3.63) is 46.5 Å². The summed E-state index contributed by atoms with van der Waals surface area (Å²) in [7, 11) is 1.61. The van der Waals surface area contributed by atoms with E-state index in [1.54, 1.807) is 57.2 Å². The zero-order valence-electron chi connectivity index (χ0n) is 18.4. The minimum absolute atomic E-state index is 0.0554. The van der Waals surface area contributed by atoms with Crippen LogP contribution < -0.4 is 15.5 Å². The zero-order chi connectivity index (χ0) is 22.2. The monoisotopic (exact) mass is 412 g/mol. The van der Waals surface area contributed by atoms with Gasteiger partial charge in [0.1, 0.15) is 11.4 Å². The summed E-state index contributed by atoms with van der Waals surface area (Å²) in [5.41, 5.74) is 0.456. The third-order valence-corrected chi connectivity index (χ3v) is 4.44. The third kappa shape index (κ3) is 4.29. The van der Waals surface area contributed by atoms with Gasteiger partial charge in [0, 0.05) is 30.2 Å². The molecule has 1 aromatic carbocycles. The zero-order valence-corrected chi connectivity index (χ0v) is 18.4. The minimum atomic E-state index is -0.612. The summed E-state index contributed by atoms with van der Waals surface area (Å²) < 4.78 is 5.42. The fraction of sp³-hybridized carbons (Fsp3) is 0.429. The number of anilines is 2. The number of nitrogens with one attached hydrogen (secondary N) is 1. The van der Waals surface area contributed by atoms with Gasteiger partial charge in [0.2, 0.25) is 0 Å². The molecular formula is C21H28N6O3. The number of H-pyrrole nitrogens is 1. The number of rotatable bonds is 4. The van der Waals surface area contributed by atoms with Crippen LogP contribution in [-0.4, -0.2) is 44.9 Å². The maximum absolute atomic E-state index is 13.3. The molecule has 0 atom stereocenters. The maximum Gasteiger partial charge on any atom is 0.414 e. The molecule has 0 spiro atoms. The van der Waals surface area contributed by atoms with Crippen LogP contribution in [0.2, 0.25) is 0 Å². The van der Waals surface area contributed by atoms with E-state index in [2.05, 4.69) is 15.3 Å². The molecule has 9 heteroatoms. The number of carbonyl (C=O) groups is 1. The van der Waals surface area contributed by atoms with E-state index in [1.807, 2.05) is 26.8 Å². The largest absolute Gasteiger partial charge is 0.443 e. The highest BCUT2D eigenvalue weighted by Crippen LogP contribution is 2.22. The summed E-state index contributed by atoms with van der Waals surface area (Å²) >= 11 is 0. The molecule has 0 bridgehead atoms. The SMILES string of the molecule is Cc1cc(N(C(C)C)n2ncc3ccc(N(C)C(=O)OC(C)(C)C)cc3c2=O)[nH]n1. The van der Waals surface area contributed by atoms with Gasteiger partial charge in [0.15, 0.2) is 0 Å². The number of ether oxygens (including phenoxy) is 1. The summed E-state index contributed by atoms with van der Waals surface area (Å²) in [6.07, 6.45) is 1.14. The molecule has 3 aromatic rings. The summed E-state index contributed by atoms with van der Waals surface area (Å²) in [4.78, 5) is 28.4. The first-order chi connectivity index (χ1) is 14.0. The molecule has 0 unspecified atom stereocenters. The number of carbonyl (C=O) groups excluding carboxylic acids is 1. The topological polar surface area (TPSA) is 96.4 Å². The summed E-state index contributed by atoms with van der Waals surface area (Å²) in [6, 6.07) is 7.00. The van der Waals surface area contributed by atoms with Crippen molar-refractivity contribution < 1.29 is 9.53 Å². The van der Waals surface area contributed by atoms with Gasteiger partial charge in [-0.1, -0.05) is 6.07 Å². The predicted octanol–water partition coefficient (Wildman–Crippen LogP) is 3.48. The standard InChI is InChI=1S/C21H28N6O3/c1-13(2)26(18-10-14(3)23-24-18)27-19(28)17-11-16(9-8-15(17)12-22-27)25(7)20(29)30-21(4,5)6/h8-13H,1-7H3,(H,23,24). The molecule has 0 radical (unpaired) electrons. The molecule has 30 heavy (non-hydrogen) atoms. The Bertz CT molecular complexity index is 1130. The van der Waals surface area contributed by atoms with Gasteiger partial charge in [0.25, 0.3) is 5.56 Å². The van der Waals surface area contributed by atoms with Crippen molar-refractivity contribution in [2.45, 2.75) is 53.2 Å². The number of aryl methyl sites for hydroxylation is 1. The Labute approximate surface area is 175 Å². The minimum Gasteiger partial charge on any atom is -0.443 e. The second kappa shape index (κ2) is 7.81. The molecule has 0 aliphatic rings. The van der Waals surface area contributed by atoms with E-state index in [1.165, 1.54) is 9.69 Å². The first-order valence-electron chi connectivity index (χ1n) is 9.78. The molecule has 160 valence electrons. The van der Waals surface area contributed by atoms with E-state index < -0.39 is 11.7 Å². The number of aromatic amines is 1. The quantitative estimate of drug-likeness (QED) is 0.705. The summed E-state index contributed by atoms with van der Waals surface area (Å²) in [5.74, 6) is 0.665. The Morgan fingerprint density at radius 2 is 1.93 bits per heavy atom. The molecule has 0 saturated carbocycles. The molecule has 2 aromatic heterocycles. The number of hydrogen-bond donors (Lipinski definition) is 1. The van der Waals surface area contributed by atoms with Crippen LogP contribution >= 0.6 is 0 Å². The normalized spacial score (nSPS) is 11.7. The second-order valence-electron chi connectivity index (χ2n) is 8.48. The molecule has 9 nitrogen and oxygen atoms in total. The molecule has 1 amide bonds. The molecule has 2 heterocycles. The van der Waals surface area contributed by atoms with Crippen LogP contribution in [0.3, 0.4) is 0 Å². The number of nitrogens with zero attached hydrogens (tertiary/aromatic N) is 5. The lowest BCUT2D eigenvalue weighted by molar-refractivity contribution is 0.0589. The third-order valence-electron chi connectivity index (χ3n) is 4.44. The average molecular weight is 412 g/mol. The summed E-state index contributed by atoms with van der Waals surface area (Å²) in [5, 5.41) is 14.3. The second-order valence-corrected chi connectivity index (χ2v) is 8.48. The molecule has 0 aliphatic carbocycles. The van der Waals surface area contributed by atoms with Crippen LogP contribution in [0.25, 0.3) is 10.8 Å². The van der Waals surface area contributed by atoms with Crippen molar-refractivity contribution in [1.29, 1.82) is 0 Å². The van der Waals surface area contributed by atoms with Crippen LogP contribution in [-0.2, 0) is 4.74 Å².